The second-order valence-electron chi connectivity index (χ2n) is 10.7. The Bertz CT molecular complexity index is 1400. The predicted octanol–water partition coefficient (Wildman–Crippen LogP) is 3.46. The summed E-state index contributed by atoms with van der Waals surface area (Å²) in [7, 11) is 0. The number of rotatable bonds is 7. The number of nitrogens with zero attached hydrogens (tertiary/aromatic N) is 4. The Morgan fingerprint density at radius 2 is 1.76 bits per heavy atom. The molecule has 6 atom stereocenters. The standard InChI is InChI=1S/C27H29F5N4O5S/c1-13-3-2-8-33-20(13)24(26(40)4-6-27(31,32)7-5-26)42-25-23(39)21(22(38)18(12-37)41-25)36-11-17(34-35-36)14-9-15(28)19(30)16(29)10-14/h2-3,8-11,18,21-25,37-40H,4-7,12H2,1H3/t18-,21+,22+,23-,24?,25+/m1/s1. The number of aliphatic hydroxyl groups is 4. The van der Waals surface area contributed by atoms with Crippen LogP contribution in [-0.2, 0) is 4.74 Å². The Labute approximate surface area is 241 Å². The normalized spacial score (nSPS) is 28.0. The lowest BCUT2D eigenvalue weighted by molar-refractivity contribution is -0.179. The Morgan fingerprint density at radius 1 is 1.10 bits per heavy atom. The minimum atomic E-state index is -2.93. The molecule has 1 unspecified atom stereocenters. The SMILES string of the molecule is Cc1cccnc1C(S[C@@H]1O[C@H](CO)[C@H](O)[C@H](n2cc(-c3cc(F)c(F)c(F)c3)nn2)[C@H]1O)C1(O)CCC(F)(F)CC1. The van der Waals surface area contributed by atoms with E-state index in [0.717, 1.165) is 16.4 Å². The number of hydrogen-bond acceptors (Lipinski definition) is 9. The van der Waals surface area contributed by atoms with Crippen LogP contribution in [0.4, 0.5) is 22.0 Å². The number of thioether (sulfide) groups is 1. The fraction of sp³-hybridized carbons (Fsp3) is 0.519. The maximum atomic E-state index is 14.1. The lowest BCUT2D eigenvalue weighted by Crippen LogP contribution is -2.55. The molecule has 1 saturated heterocycles. The number of hydrogen-bond donors (Lipinski definition) is 4. The summed E-state index contributed by atoms with van der Waals surface area (Å²) in [6.45, 7) is 1.07. The van der Waals surface area contributed by atoms with Crippen molar-refractivity contribution in [1.29, 1.82) is 0 Å². The van der Waals surface area contributed by atoms with Crippen LogP contribution in [-0.4, -0.2) is 82.3 Å². The minimum Gasteiger partial charge on any atom is -0.394 e. The molecule has 1 aliphatic heterocycles. The fourth-order valence-corrected chi connectivity index (χ4v) is 7.08. The predicted molar refractivity (Wildman–Crippen MR) is 140 cm³/mol. The summed E-state index contributed by atoms with van der Waals surface area (Å²) in [6.07, 6.45) is -3.26. The van der Waals surface area contributed by atoms with E-state index in [9.17, 15) is 42.4 Å². The molecule has 4 N–H and O–H groups in total. The smallest absolute Gasteiger partial charge is 0.248 e. The molecule has 0 radical (unpaired) electrons. The first-order chi connectivity index (χ1) is 19.8. The third-order valence-corrected chi connectivity index (χ3v) is 9.44. The van der Waals surface area contributed by atoms with Crippen molar-refractivity contribution in [3.8, 4) is 11.3 Å². The van der Waals surface area contributed by atoms with Gasteiger partial charge in [-0.1, -0.05) is 11.3 Å². The number of halogens is 5. The second kappa shape index (κ2) is 11.8. The quantitative estimate of drug-likeness (QED) is 0.233. The molecule has 2 aromatic heterocycles. The largest absolute Gasteiger partial charge is 0.394 e. The van der Waals surface area contributed by atoms with Crippen molar-refractivity contribution < 1.29 is 47.1 Å². The summed E-state index contributed by atoms with van der Waals surface area (Å²) < 4.78 is 76.1. The summed E-state index contributed by atoms with van der Waals surface area (Å²) in [5.41, 5.74) is -2.06. The van der Waals surface area contributed by atoms with Crippen molar-refractivity contribution in [2.45, 2.75) is 79.2 Å². The van der Waals surface area contributed by atoms with Crippen molar-refractivity contribution in [3.63, 3.8) is 0 Å². The molecule has 3 aromatic rings. The number of aliphatic hydroxyl groups excluding tert-OH is 3. The van der Waals surface area contributed by atoms with E-state index in [2.05, 4.69) is 15.3 Å². The van der Waals surface area contributed by atoms with Gasteiger partial charge in [0.15, 0.2) is 17.5 Å². The molecule has 15 heteroatoms. The van der Waals surface area contributed by atoms with Crippen LogP contribution in [0, 0.1) is 24.4 Å². The van der Waals surface area contributed by atoms with Crippen LogP contribution in [0.3, 0.4) is 0 Å². The van der Waals surface area contributed by atoms with Crippen LogP contribution in [0.2, 0.25) is 0 Å². The Morgan fingerprint density at radius 3 is 2.38 bits per heavy atom. The molecule has 1 saturated carbocycles. The third kappa shape index (κ3) is 5.90. The zero-order valence-electron chi connectivity index (χ0n) is 22.2. The van der Waals surface area contributed by atoms with Crippen molar-refractivity contribution in [2.75, 3.05) is 6.61 Å². The van der Waals surface area contributed by atoms with Crippen LogP contribution in [0.5, 0.6) is 0 Å². The maximum Gasteiger partial charge on any atom is 0.248 e. The molecule has 1 aromatic carbocycles. The van der Waals surface area contributed by atoms with E-state index in [4.69, 9.17) is 4.74 Å². The van der Waals surface area contributed by atoms with Gasteiger partial charge in [0.05, 0.1) is 29.3 Å². The molecule has 3 heterocycles. The summed E-state index contributed by atoms with van der Waals surface area (Å²) >= 11 is 0.921. The van der Waals surface area contributed by atoms with Crippen LogP contribution in [0.15, 0.2) is 36.7 Å². The molecule has 0 bridgehead atoms. The van der Waals surface area contributed by atoms with Gasteiger partial charge in [-0.25, -0.2) is 26.6 Å². The van der Waals surface area contributed by atoms with E-state index in [1.54, 1.807) is 19.1 Å². The molecule has 228 valence electrons. The van der Waals surface area contributed by atoms with Gasteiger partial charge in [0.1, 0.15) is 35.5 Å². The number of ether oxygens (including phenoxy) is 1. The van der Waals surface area contributed by atoms with E-state index in [0.29, 0.717) is 23.4 Å². The van der Waals surface area contributed by atoms with Crippen molar-refractivity contribution >= 4 is 11.8 Å². The van der Waals surface area contributed by atoms with Crippen LogP contribution < -0.4 is 0 Å². The Hall–Kier alpha value is -2.69. The van der Waals surface area contributed by atoms with E-state index in [1.165, 1.54) is 12.4 Å². The first-order valence-corrected chi connectivity index (χ1v) is 14.1. The van der Waals surface area contributed by atoms with Gasteiger partial charge in [-0.3, -0.25) is 4.98 Å². The molecule has 42 heavy (non-hydrogen) atoms. The number of benzene rings is 1. The first kappa shape index (κ1) is 30.8. The zero-order valence-corrected chi connectivity index (χ0v) is 23.1. The van der Waals surface area contributed by atoms with Gasteiger partial charge in [-0.15, -0.1) is 16.9 Å². The zero-order chi connectivity index (χ0) is 30.4. The molecule has 1 aliphatic carbocycles. The molecule has 0 amide bonds. The molecule has 9 nitrogen and oxygen atoms in total. The highest BCUT2D eigenvalue weighted by Gasteiger charge is 2.52. The van der Waals surface area contributed by atoms with Gasteiger partial charge in [-0.05, 0) is 43.5 Å². The van der Waals surface area contributed by atoms with Gasteiger partial charge in [0.2, 0.25) is 5.92 Å². The van der Waals surface area contributed by atoms with Crippen molar-refractivity contribution in [1.82, 2.24) is 20.0 Å². The highest BCUT2D eigenvalue weighted by molar-refractivity contribution is 8.00. The molecule has 5 rings (SSSR count). The van der Waals surface area contributed by atoms with E-state index in [1.807, 2.05) is 0 Å². The fourth-order valence-electron chi connectivity index (χ4n) is 5.41. The lowest BCUT2D eigenvalue weighted by Gasteiger charge is -2.46. The molecular formula is C27H29F5N4O5S. The minimum absolute atomic E-state index is 0.0946. The summed E-state index contributed by atoms with van der Waals surface area (Å²) in [4.78, 5) is 4.39. The highest BCUT2D eigenvalue weighted by Crippen LogP contribution is 2.52. The third-order valence-electron chi connectivity index (χ3n) is 7.85. The van der Waals surface area contributed by atoms with Gasteiger partial charge in [0, 0.05) is 24.6 Å². The average molecular weight is 617 g/mol. The number of pyridine rings is 1. The highest BCUT2D eigenvalue weighted by atomic mass is 32.2. The average Bonchev–Trinajstić information content (AvgIpc) is 3.43. The Kier molecular flexibility index (Phi) is 8.62. The van der Waals surface area contributed by atoms with Crippen molar-refractivity contribution in [2.24, 2.45) is 0 Å². The molecular weight excluding hydrogens is 587 g/mol. The van der Waals surface area contributed by atoms with E-state index < -0.39 is 83.5 Å². The molecule has 0 spiro atoms. The van der Waals surface area contributed by atoms with Gasteiger partial charge >= 0.3 is 0 Å². The van der Waals surface area contributed by atoms with E-state index in [-0.39, 0.29) is 24.1 Å². The summed E-state index contributed by atoms with van der Waals surface area (Å²) in [5, 5.41) is 50.8. The van der Waals surface area contributed by atoms with Crippen LogP contribution in [0.1, 0.15) is 48.2 Å². The number of aromatic nitrogens is 4. The van der Waals surface area contributed by atoms with Gasteiger partial charge in [-0.2, -0.15) is 0 Å². The van der Waals surface area contributed by atoms with Gasteiger partial charge in [0.25, 0.3) is 0 Å². The topological polar surface area (TPSA) is 134 Å². The van der Waals surface area contributed by atoms with Crippen LogP contribution in [0.25, 0.3) is 11.3 Å². The van der Waals surface area contributed by atoms with Crippen molar-refractivity contribution in [3.05, 3.63) is 65.4 Å². The second-order valence-corrected chi connectivity index (χ2v) is 11.9. The maximum absolute atomic E-state index is 14.1. The van der Waals surface area contributed by atoms with E-state index >= 15 is 0 Å². The van der Waals surface area contributed by atoms with Crippen LogP contribution >= 0.6 is 11.8 Å². The number of aryl methyl sites for hydroxylation is 1. The molecule has 2 fully saturated rings. The monoisotopic (exact) mass is 616 g/mol. The number of alkyl halides is 2. The summed E-state index contributed by atoms with van der Waals surface area (Å²) in [6, 6.07) is 3.55. The lowest BCUT2D eigenvalue weighted by atomic mass is 9.79. The summed E-state index contributed by atoms with van der Waals surface area (Å²) in [5.74, 6) is -7.48. The molecule has 2 aliphatic rings. The van der Waals surface area contributed by atoms with Gasteiger partial charge < -0.3 is 25.2 Å². The Balaban J connectivity index is 1.47. The first-order valence-electron chi connectivity index (χ1n) is 13.2.